The van der Waals surface area contributed by atoms with Gasteiger partial charge in [-0.15, -0.1) is 0 Å². The Morgan fingerprint density at radius 2 is 1.17 bits per heavy atom. The van der Waals surface area contributed by atoms with Crippen LogP contribution in [0.15, 0.2) is 30.3 Å². The summed E-state index contributed by atoms with van der Waals surface area (Å²) in [6, 6.07) is 11.2. The second kappa shape index (κ2) is 10.8. The Morgan fingerprint density at radius 1 is 0.739 bits per heavy atom. The zero-order valence-corrected chi connectivity index (χ0v) is 16.3. The molecule has 1 rings (SSSR count). The van der Waals surface area contributed by atoms with Crippen molar-refractivity contribution in [3.63, 3.8) is 0 Å². The lowest BCUT2D eigenvalue weighted by Gasteiger charge is -2.37. The topological polar surface area (TPSA) is 6.48 Å². The van der Waals surface area contributed by atoms with Crippen LogP contribution in [0.3, 0.4) is 0 Å². The van der Waals surface area contributed by atoms with Gasteiger partial charge in [0.15, 0.2) is 0 Å². The molecule has 23 heavy (non-hydrogen) atoms. The third-order valence-electron chi connectivity index (χ3n) is 5.18. The molecule has 0 N–H and O–H groups in total. The fraction of sp³-hybridized carbons (Fsp3) is 0.714. The highest BCUT2D eigenvalue weighted by Gasteiger charge is 2.28. The number of rotatable bonds is 11. The van der Waals surface area contributed by atoms with Crippen LogP contribution < -0.4 is 0 Å². The van der Waals surface area contributed by atoms with E-state index in [0.29, 0.717) is 17.8 Å². The van der Waals surface area contributed by atoms with Crippen LogP contribution in [0.1, 0.15) is 53.0 Å². The third kappa shape index (κ3) is 6.27. The molecular formula is C21H38N2. The molecule has 0 aromatic heterocycles. The zero-order valence-electron chi connectivity index (χ0n) is 16.3. The van der Waals surface area contributed by atoms with E-state index in [0.717, 1.165) is 26.2 Å². The molecule has 1 aromatic rings. The second-order valence-corrected chi connectivity index (χ2v) is 6.91. The fourth-order valence-corrected chi connectivity index (χ4v) is 3.79. The number of hydrogen-bond donors (Lipinski definition) is 0. The molecule has 0 amide bonds. The maximum Gasteiger partial charge on any atom is 0.00276 e. The van der Waals surface area contributed by atoms with Crippen molar-refractivity contribution >= 4 is 0 Å². The van der Waals surface area contributed by atoms with E-state index in [1.165, 1.54) is 18.7 Å². The molecule has 0 fully saturated rings. The predicted molar refractivity (Wildman–Crippen MR) is 103 cm³/mol. The van der Waals surface area contributed by atoms with Crippen molar-refractivity contribution in [2.24, 2.45) is 11.8 Å². The van der Waals surface area contributed by atoms with Gasteiger partial charge < -0.3 is 9.80 Å². The summed E-state index contributed by atoms with van der Waals surface area (Å²) in [7, 11) is 0. The van der Waals surface area contributed by atoms with E-state index in [1.54, 1.807) is 0 Å². The summed E-state index contributed by atoms with van der Waals surface area (Å²) in [5, 5.41) is 0. The number of nitrogens with zero attached hydrogens (tertiary/aromatic N) is 2. The van der Waals surface area contributed by atoms with Crippen LogP contribution >= 0.6 is 0 Å². The first kappa shape index (κ1) is 20.2. The van der Waals surface area contributed by atoms with E-state index in [9.17, 15) is 0 Å². The molecular weight excluding hydrogens is 280 g/mol. The summed E-state index contributed by atoms with van der Waals surface area (Å²) in [5.74, 6) is 1.96. The smallest absolute Gasteiger partial charge is 0.00276 e. The van der Waals surface area contributed by atoms with Crippen molar-refractivity contribution in [3.8, 4) is 0 Å². The summed E-state index contributed by atoms with van der Waals surface area (Å²) in [6.45, 7) is 20.9. The highest BCUT2D eigenvalue weighted by molar-refractivity contribution is 5.21. The summed E-state index contributed by atoms with van der Waals surface area (Å²) in [5.41, 5.74) is 1.51. The van der Waals surface area contributed by atoms with Crippen molar-refractivity contribution in [1.82, 2.24) is 9.80 Å². The maximum atomic E-state index is 2.59. The highest BCUT2D eigenvalue weighted by Crippen LogP contribution is 2.33. The number of benzene rings is 1. The van der Waals surface area contributed by atoms with Gasteiger partial charge in [-0.3, -0.25) is 0 Å². The van der Waals surface area contributed by atoms with Crippen LogP contribution in [0.5, 0.6) is 0 Å². The van der Waals surface area contributed by atoms with Crippen LogP contribution in [-0.4, -0.2) is 49.1 Å². The van der Waals surface area contributed by atoms with Gasteiger partial charge in [-0.25, -0.2) is 0 Å². The van der Waals surface area contributed by atoms with Gasteiger partial charge in [0.2, 0.25) is 0 Å². The molecule has 0 aliphatic heterocycles. The summed E-state index contributed by atoms with van der Waals surface area (Å²) in [4.78, 5) is 5.18. The summed E-state index contributed by atoms with van der Waals surface area (Å²) in [6.07, 6.45) is 0. The molecule has 0 heterocycles. The minimum Gasteiger partial charge on any atom is -0.304 e. The van der Waals surface area contributed by atoms with E-state index in [4.69, 9.17) is 0 Å². The standard InChI is InChI=1S/C21H38N2/c1-7-22(8-2)16-20(17-23(9-3)10-4)21(18(5)6)19-14-12-11-13-15-19/h11-15,18,20-21H,7-10,16-17H2,1-6H3. The first-order chi connectivity index (χ1) is 11.1. The number of hydrogen-bond acceptors (Lipinski definition) is 2. The fourth-order valence-electron chi connectivity index (χ4n) is 3.79. The largest absolute Gasteiger partial charge is 0.304 e. The van der Waals surface area contributed by atoms with E-state index < -0.39 is 0 Å². The van der Waals surface area contributed by atoms with E-state index in [1.807, 2.05) is 0 Å². The SMILES string of the molecule is CCN(CC)CC(CN(CC)CC)C(c1ccccc1)C(C)C. The van der Waals surface area contributed by atoms with Gasteiger partial charge in [-0.1, -0.05) is 71.9 Å². The molecule has 0 bridgehead atoms. The van der Waals surface area contributed by atoms with Gasteiger partial charge in [0.05, 0.1) is 0 Å². The minimum atomic E-state index is 0.623. The average molecular weight is 319 g/mol. The lowest BCUT2D eigenvalue weighted by Crippen LogP contribution is -2.40. The summed E-state index contributed by atoms with van der Waals surface area (Å²) >= 11 is 0. The molecule has 2 heteroatoms. The molecule has 1 atom stereocenters. The first-order valence-corrected chi connectivity index (χ1v) is 9.56. The Morgan fingerprint density at radius 3 is 1.52 bits per heavy atom. The molecule has 1 unspecified atom stereocenters. The third-order valence-corrected chi connectivity index (χ3v) is 5.18. The predicted octanol–water partition coefficient (Wildman–Crippen LogP) is 4.73. The molecule has 0 saturated heterocycles. The molecule has 0 aliphatic rings. The second-order valence-electron chi connectivity index (χ2n) is 6.91. The lowest BCUT2D eigenvalue weighted by atomic mass is 9.77. The Bertz CT molecular complexity index is 380. The van der Waals surface area contributed by atoms with Gasteiger partial charge >= 0.3 is 0 Å². The van der Waals surface area contributed by atoms with E-state index in [2.05, 4.69) is 81.7 Å². The maximum absolute atomic E-state index is 2.59. The van der Waals surface area contributed by atoms with Crippen LogP contribution in [0, 0.1) is 11.8 Å². The van der Waals surface area contributed by atoms with Gasteiger partial charge in [-0.2, -0.15) is 0 Å². The van der Waals surface area contributed by atoms with E-state index >= 15 is 0 Å². The quantitative estimate of drug-likeness (QED) is 0.582. The van der Waals surface area contributed by atoms with Crippen molar-refractivity contribution in [1.29, 1.82) is 0 Å². The Kier molecular flexibility index (Phi) is 9.50. The molecule has 132 valence electrons. The highest BCUT2D eigenvalue weighted by atomic mass is 15.1. The molecule has 1 aromatic carbocycles. The normalized spacial score (nSPS) is 13.5. The van der Waals surface area contributed by atoms with Crippen LogP contribution in [0.25, 0.3) is 0 Å². The molecule has 0 radical (unpaired) electrons. The Hall–Kier alpha value is -0.860. The van der Waals surface area contributed by atoms with Crippen LogP contribution in [0.2, 0.25) is 0 Å². The van der Waals surface area contributed by atoms with Crippen LogP contribution in [0.4, 0.5) is 0 Å². The van der Waals surface area contributed by atoms with Crippen molar-refractivity contribution in [3.05, 3.63) is 35.9 Å². The first-order valence-electron chi connectivity index (χ1n) is 9.56. The van der Waals surface area contributed by atoms with Crippen LogP contribution in [-0.2, 0) is 0 Å². The van der Waals surface area contributed by atoms with Gasteiger partial charge in [0.25, 0.3) is 0 Å². The zero-order chi connectivity index (χ0) is 17.2. The average Bonchev–Trinajstić information content (AvgIpc) is 2.57. The Balaban J connectivity index is 3.06. The molecule has 0 saturated carbocycles. The van der Waals surface area contributed by atoms with Gasteiger partial charge in [0, 0.05) is 13.1 Å². The molecule has 2 nitrogen and oxygen atoms in total. The van der Waals surface area contributed by atoms with E-state index in [-0.39, 0.29) is 0 Å². The Labute approximate surface area is 144 Å². The van der Waals surface area contributed by atoms with Crippen molar-refractivity contribution in [2.45, 2.75) is 47.5 Å². The molecule has 0 aliphatic carbocycles. The minimum absolute atomic E-state index is 0.623. The summed E-state index contributed by atoms with van der Waals surface area (Å²) < 4.78 is 0. The van der Waals surface area contributed by atoms with Gasteiger partial charge in [-0.05, 0) is 49.5 Å². The van der Waals surface area contributed by atoms with Crippen molar-refractivity contribution < 1.29 is 0 Å². The lowest BCUT2D eigenvalue weighted by molar-refractivity contribution is 0.156. The van der Waals surface area contributed by atoms with Gasteiger partial charge in [0.1, 0.15) is 0 Å². The molecule has 0 spiro atoms. The van der Waals surface area contributed by atoms with Crippen molar-refractivity contribution in [2.75, 3.05) is 39.3 Å². The monoisotopic (exact) mass is 318 g/mol.